The average molecular weight is 275 g/mol. The van der Waals surface area contributed by atoms with Gasteiger partial charge in [-0.05, 0) is 24.6 Å². The van der Waals surface area contributed by atoms with Gasteiger partial charge in [0.05, 0.1) is 5.69 Å². The van der Waals surface area contributed by atoms with Crippen molar-refractivity contribution >= 4 is 21.8 Å². The first-order valence-electron chi connectivity index (χ1n) is 5.29. The Morgan fingerprint density at radius 2 is 2.06 bits per heavy atom. The highest BCUT2D eigenvalue weighted by Gasteiger charge is 2.39. The molecule has 0 N–H and O–H groups in total. The molecule has 0 bridgehead atoms. The first kappa shape index (κ1) is 12.9. The van der Waals surface area contributed by atoms with Crippen molar-refractivity contribution in [3.8, 4) is 0 Å². The van der Waals surface area contributed by atoms with E-state index in [0.717, 1.165) is 4.90 Å². The van der Waals surface area contributed by atoms with Gasteiger partial charge in [-0.25, -0.2) is 4.39 Å². The number of nitrogens with zero attached hydrogens (tertiary/aromatic N) is 1. The zero-order valence-electron chi connectivity index (χ0n) is 9.56. The first-order valence-corrected chi connectivity index (χ1v) is 6.73. The molecular weight excluding hydrogens is 264 g/mol. The molecule has 1 fully saturated rings. The van der Waals surface area contributed by atoms with E-state index in [2.05, 4.69) is 0 Å². The minimum absolute atomic E-state index is 0.0169. The van der Waals surface area contributed by atoms with E-state index < -0.39 is 33.6 Å². The van der Waals surface area contributed by atoms with Crippen molar-refractivity contribution < 1.29 is 21.5 Å². The lowest BCUT2D eigenvalue weighted by Gasteiger charge is -2.17. The number of amides is 1. The summed E-state index contributed by atoms with van der Waals surface area (Å²) in [5, 5.41) is -1.41. The van der Waals surface area contributed by atoms with Crippen molar-refractivity contribution in [2.45, 2.75) is 18.6 Å². The zero-order chi connectivity index (χ0) is 13.5. The Labute approximate surface area is 103 Å². The molecule has 1 amide bonds. The number of rotatable bonds is 2. The van der Waals surface area contributed by atoms with Crippen LogP contribution >= 0.6 is 0 Å². The van der Waals surface area contributed by atoms with Crippen LogP contribution < -0.4 is 4.90 Å². The molecule has 4 nitrogen and oxygen atoms in total. The smallest absolute Gasteiger partial charge is 0.307 e. The molecule has 0 radical (unpaired) electrons. The summed E-state index contributed by atoms with van der Waals surface area (Å²) in [4.78, 5) is 12.6. The number of carbonyl (C=O) groups is 1. The van der Waals surface area contributed by atoms with Crippen LogP contribution in [0.5, 0.6) is 0 Å². The quantitative estimate of drug-likeness (QED) is 0.769. The van der Waals surface area contributed by atoms with E-state index in [9.17, 15) is 21.5 Å². The Morgan fingerprint density at radius 3 is 2.56 bits per heavy atom. The number of benzene rings is 1. The molecular formula is C11H11F2NO3S. The number of halogens is 2. The Hall–Kier alpha value is -1.50. The van der Waals surface area contributed by atoms with Gasteiger partial charge in [0.15, 0.2) is 0 Å². The number of aryl methyl sites for hydroxylation is 1. The van der Waals surface area contributed by atoms with E-state index in [1.807, 2.05) is 0 Å². The largest absolute Gasteiger partial charge is 0.308 e. The summed E-state index contributed by atoms with van der Waals surface area (Å²) in [5.41, 5.74) is 0.661. The number of anilines is 1. The van der Waals surface area contributed by atoms with E-state index in [1.54, 1.807) is 13.0 Å². The molecule has 2 rings (SSSR count). The Kier molecular flexibility index (Phi) is 3.10. The second kappa shape index (κ2) is 4.31. The van der Waals surface area contributed by atoms with Crippen molar-refractivity contribution in [1.82, 2.24) is 0 Å². The predicted molar refractivity (Wildman–Crippen MR) is 61.9 cm³/mol. The minimum atomic E-state index is -4.78. The maximum absolute atomic E-state index is 13.7. The molecule has 0 saturated carbocycles. The molecule has 1 saturated heterocycles. The van der Waals surface area contributed by atoms with Gasteiger partial charge < -0.3 is 4.90 Å². The highest BCUT2D eigenvalue weighted by molar-refractivity contribution is 7.87. The van der Waals surface area contributed by atoms with Crippen LogP contribution in [-0.2, 0) is 15.0 Å². The van der Waals surface area contributed by atoms with Gasteiger partial charge in [0.25, 0.3) is 0 Å². The van der Waals surface area contributed by atoms with Crippen LogP contribution in [0.1, 0.15) is 12.0 Å². The predicted octanol–water partition coefficient (Wildman–Crippen LogP) is 1.54. The third kappa shape index (κ3) is 2.35. The van der Waals surface area contributed by atoms with E-state index in [1.165, 1.54) is 12.1 Å². The Balaban J connectivity index is 2.33. The molecule has 1 aliphatic rings. The number of hydrogen-bond acceptors (Lipinski definition) is 3. The average Bonchev–Trinajstić information content (AvgIpc) is 2.60. The van der Waals surface area contributed by atoms with E-state index >= 15 is 0 Å². The van der Waals surface area contributed by atoms with Crippen LogP contribution in [0.15, 0.2) is 18.2 Å². The molecule has 7 heteroatoms. The summed E-state index contributed by atoms with van der Waals surface area (Å²) in [7, 11) is -4.78. The van der Waals surface area contributed by atoms with Crippen molar-refractivity contribution in [2.24, 2.45) is 0 Å². The van der Waals surface area contributed by atoms with Gasteiger partial charge in [-0.15, -0.1) is 3.89 Å². The molecule has 1 unspecified atom stereocenters. The highest BCUT2D eigenvalue weighted by atomic mass is 32.3. The molecule has 18 heavy (non-hydrogen) atoms. The monoisotopic (exact) mass is 275 g/mol. The van der Waals surface area contributed by atoms with Crippen LogP contribution in [-0.4, -0.2) is 26.1 Å². The summed E-state index contributed by atoms with van der Waals surface area (Å²) >= 11 is 0. The summed E-state index contributed by atoms with van der Waals surface area (Å²) in [6, 6.07) is 4.22. The number of carbonyl (C=O) groups excluding carboxylic acids is 1. The normalized spacial score (nSPS) is 20.5. The Morgan fingerprint density at radius 1 is 1.39 bits per heavy atom. The SMILES string of the molecule is Cc1ccc(N2CC(S(=O)(=O)F)CC2=O)c(F)c1. The maximum atomic E-state index is 13.7. The summed E-state index contributed by atoms with van der Waals surface area (Å²) < 4.78 is 48.0. The summed E-state index contributed by atoms with van der Waals surface area (Å²) in [5.74, 6) is -1.22. The molecule has 98 valence electrons. The van der Waals surface area contributed by atoms with Gasteiger partial charge in [0.1, 0.15) is 11.1 Å². The molecule has 1 aromatic carbocycles. The van der Waals surface area contributed by atoms with Crippen LogP contribution in [0.2, 0.25) is 0 Å². The first-order chi connectivity index (χ1) is 8.29. The minimum Gasteiger partial charge on any atom is -0.308 e. The fourth-order valence-electron chi connectivity index (χ4n) is 1.93. The maximum Gasteiger partial charge on any atom is 0.307 e. The van der Waals surface area contributed by atoms with Crippen LogP contribution in [0.4, 0.5) is 14.0 Å². The van der Waals surface area contributed by atoms with Gasteiger partial charge in [-0.3, -0.25) is 4.79 Å². The third-order valence-electron chi connectivity index (χ3n) is 2.88. The van der Waals surface area contributed by atoms with E-state index in [0.29, 0.717) is 5.56 Å². The van der Waals surface area contributed by atoms with Crippen molar-refractivity contribution in [2.75, 3.05) is 11.4 Å². The van der Waals surface area contributed by atoms with Crippen molar-refractivity contribution in [3.05, 3.63) is 29.6 Å². The van der Waals surface area contributed by atoms with E-state index in [-0.39, 0.29) is 12.2 Å². The van der Waals surface area contributed by atoms with Crippen molar-refractivity contribution in [3.63, 3.8) is 0 Å². The molecule has 1 atom stereocenters. The third-order valence-corrected chi connectivity index (χ3v) is 3.99. The van der Waals surface area contributed by atoms with Crippen LogP contribution in [0.3, 0.4) is 0 Å². The topological polar surface area (TPSA) is 54.5 Å². The fraction of sp³-hybridized carbons (Fsp3) is 0.364. The molecule has 0 aromatic heterocycles. The Bertz CT molecular complexity index is 600. The molecule has 0 aliphatic carbocycles. The van der Waals surface area contributed by atoms with Gasteiger partial charge >= 0.3 is 10.2 Å². The zero-order valence-corrected chi connectivity index (χ0v) is 10.4. The molecule has 0 spiro atoms. The lowest BCUT2D eigenvalue weighted by Crippen LogP contribution is -2.27. The van der Waals surface area contributed by atoms with Gasteiger partial charge in [-0.2, -0.15) is 8.42 Å². The fourth-order valence-corrected chi connectivity index (χ4v) is 2.60. The van der Waals surface area contributed by atoms with Crippen LogP contribution in [0.25, 0.3) is 0 Å². The van der Waals surface area contributed by atoms with Crippen molar-refractivity contribution in [1.29, 1.82) is 0 Å². The molecule has 1 heterocycles. The lowest BCUT2D eigenvalue weighted by molar-refractivity contribution is -0.117. The van der Waals surface area contributed by atoms with Gasteiger partial charge in [0.2, 0.25) is 5.91 Å². The van der Waals surface area contributed by atoms with E-state index in [4.69, 9.17) is 0 Å². The molecule has 1 aliphatic heterocycles. The standard InChI is InChI=1S/C11H11F2NO3S/c1-7-2-3-10(9(12)4-7)14-6-8(5-11(14)15)18(13,16)17/h2-4,8H,5-6H2,1H3. The summed E-state index contributed by atoms with van der Waals surface area (Å²) in [6.45, 7) is 1.34. The second-order valence-electron chi connectivity index (χ2n) is 4.26. The van der Waals surface area contributed by atoms with Gasteiger partial charge in [-0.1, -0.05) is 6.07 Å². The lowest BCUT2D eigenvalue weighted by atomic mass is 10.2. The second-order valence-corrected chi connectivity index (χ2v) is 5.88. The molecule has 1 aromatic rings. The highest BCUT2D eigenvalue weighted by Crippen LogP contribution is 2.28. The van der Waals surface area contributed by atoms with Crippen LogP contribution in [0, 0.1) is 12.7 Å². The van der Waals surface area contributed by atoms with Gasteiger partial charge in [0, 0.05) is 13.0 Å². The number of hydrogen-bond donors (Lipinski definition) is 0. The summed E-state index contributed by atoms with van der Waals surface area (Å²) in [6.07, 6.45) is -0.452.